The first-order valence-corrected chi connectivity index (χ1v) is 6.23. The first-order chi connectivity index (χ1) is 8.49. The van der Waals surface area contributed by atoms with Crippen molar-refractivity contribution in [2.75, 3.05) is 7.05 Å². The standard InChI is InChI=1S/C14H21FN2O/c1-11(16)5-3-8-14(18)17(2)10-12-6-4-7-13(15)9-12/h4,6-7,9,11H,3,5,8,10,16H2,1-2H3. The Morgan fingerprint density at radius 3 is 2.83 bits per heavy atom. The van der Waals surface area contributed by atoms with Crippen LogP contribution in [0.1, 0.15) is 31.7 Å². The van der Waals surface area contributed by atoms with Crippen molar-refractivity contribution in [1.82, 2.24) is 4.90 Å². The molecule has 0 aliphatic rings. The van der Waals surface area contributed by atoms with Crippen LogP contribution in [0.15, 0.2) is 24.3 Å². The normalized spacial score (nSPS) is 12.2. The van der Waals surface area contributed by atoms with Crippen molar-refractivity contribution < 1.29 is 9.18 Å². The van der Waals surface area contributed by atoms with Crippen LogP contribution in [-0.4, -0.2) is 23.9 Å². The lowest BCUT2D eigenvalue weighted by Crippen LogP contribution is -2.26. The quantitative estimate of drug-likeness (QED) is 0.844. The molecule has 0 aliphatic carbocycles. The van der Waals surface area contributed by atoms with Crippen LogP contribution in [0, 0.1) is 5.82 Å². The summed E-state index contributed by atoms with van der Waals surface area (Å²) in [6.45, 7) is 2.37. The molecule has 100 valence electrons. The van der Waals surface area contributed by atoms with Gasteiger partial charge in [0.2, 0.25) is 5.91 Å². The van der Waals surface area contributed by atoms with Gasteiger partial charge in [-0.2, -0.15) is 0 Å². The molecule has 1 aromatic rings. The van der Waals surface area contributed by atoms with E-state index in [4.69, 9.17) is 5.73 Å². The highest BCUT2D eigenvalue weighted by molar-refractivity contribution is 5.75. The van der Waals surface area contributed by atoms with Gasteiger partial charge in [-0.05, 0) is 37.5 Å². The van der Waals surface area contributed by atoms with Gasteiger partial charge in [-0.15, -0.1) is 0 Å². The number of halogens is 1. The summed E-state index contributed by atoms with van der Waals surface area (Å²) in [4.78, 5) is 13.4. The topological polar surface area (TPSA) is 46.3 Å². The van der Waals surface area contributed by atoms with E-state index in [0.717, 1.165) is 18.4 Å². The Labute approximate surface area is 108 Å². The predicted molar refractivity (Wildman–Crippen MR) is 70.4 cm³/mol. The summed E-state index contributed by atoms with van der Waals surface area (Å²) in [5.74, 6) is -0.204. The van der Waals surface area contributed by atoms with E-state index in [0.29, 0.717) is 13.0 Å². The summed E-state index contributed by atoms with van der Waals surface area (Å²) in [6, 6.07) is 6.44. The Balaban J connectivity index is 2.40. The lowest BCUT2D eigenvalue weighted by atomic mass is 10.1. The molecule has 0 spiro atoms. The third-order valence-electron chi connectivity index (χ3n) is 2.78. The summed E-state index contributed by atoms with van der Waals surface area (Å²) in [5, 5.41) is 0. The largest absolute Gasteiger partial charge is 0.341 e. The fourth-order valence-corrected chi connectivity index (χ4v) is 1.76. The summed E-state index contributed by atoms with van der Waals surface area (Å²) in [7, 11) is 1.74. The summed E-state index contributed by atoms with van der Waals surface area (Å²) in [6.07, 6.45) is 2.14. The molecule has 3 nitrogen and oxygen atoms in total. The van der Waals surface area contributed by atoms with E-state index in [1.54, 1.807) is 18.0 Å². The number of nitrogens with two attached hydrogens (primary N) is 1. The lowest BCUT2D eigenvalue weighted by Gasteiger charge is -2.17. The van der Waals surface area contributed by atoms with Crippen LogP contribution >= 0.6 is 0 Å². The molecule has 1 atom stereocenters. The van der Waals surface area contributed by atoms with Crippen molar-refractivity contribution >= 4 is 5.91 Å². The molecule has 0 aromatic heterocycles. The van der Waals surface area contributed by atoms with Crippen molar-refractivity contribution in [3.05, 3.63) is 35.6 Å². The minimum Gasteiger partial charge on any atom is -0.341 e. The monoisotopic (exact) mass is 252 g/mol. The van der Waals surface area contributed by atoms with Crippen LogP contribution in [0.2, 0.25) is 0 Å². The molecule has 4 heteroatoms. The highest BCUT2D eigenvalue weighted by atomic mass is 19.1. The first-order valence-electron chi connectivity index (χ1n) is 6.23. The van der Waals surface area contributed by atoms with Crippen LogP contribution in [0.4, 0.5) is 4.39 Å². The van der Waals surface area contributed by atoms with Crippen LogP contribution in [0.3, 0.4) is 0 Å². The van der Waals surface area contributed by atoms with Gasteiger partial charge in [0.1, 0.15) is 5.82 Å². The van der Waals surface area contributed by atoms with E-state index in [9.17, 15) is 9.18 Å². The van der Waals surface area contributed by atoms with E-state index in [1.807, 2.05) is 13.0 Å². The molecule has 0 saturated carbocycles. The van der Waals surface area contributed by atoms with Crippen LogP contribution in [-0.2, 0) is 11.3 Å². The molecule has 0 aliphatic heterocycles. The van der Waals surface area contributed by atoms with Crippen LogP contribution in [0.25, 0.3) is 0 Å². The van der Waals surface area contributed by atoms with Gasteiger partial charge in [0.15, 0.2) is 0 Å². The molecule has 18 heavy (non-hydrogen) atoms. The third-order valence-corrected chi connectivity index (χ3v) is 2.78. The average molecular weight is 252 g/mol. The number of rotatable bonds is 6. The Hall–Kier alpha value is -1.42. The number of hydrogen-bond acceptors (Lipinski definition) is 2. The molecule has 0 bridgehead atoms. The highest BCUT2D eigenvalue weighted by Crippen LogP contribution is 2.08. The summed E-state index contributed by atoms with van der Waals surface area (Å²) < 4.78 is 13.0. The Morgan fingerprint density at radius 2 is 2.22 bits per heavy atom. The average Bonchev–Trinajstić information content (AvgIpc) is 2.28. The van der Waals surface area contributed by atoms with Gasteiger partial charge in [0.05, 0.1) is 0 Å². The maximum atomic E-state index is 13.0. The number of hydrogen-bond donors (Lipinski definition) is 1. The smallest absolute Gasteiger partial charge is 0.222 e. The molecule has 1 unspecified atom stereocenters. The van der Waals surface area contributed by atoms with Crippen molar-refractivity contribution in [1.29, 1.82) is 0 Å². The summed E-state index contributed by atoms with van der Waals surface area (Å²) >= 11 is 0. The zero-order chi connectivity index (χ0) is 13.5. The minimum absolute atomic E-state index is 0.0694. The van der Waals surface area contributed by atoms with Gasteiger partial charge in [-0.25, -0.2) is 4.39 Å². The third kappa shape index (κ3) is 5.27. The number of amides is 1. The maximum Gasteiger partial charge on any atom is 0.222 e. The van der Waals surface area contributed by atoms with E-state index in [-0.39, 0.29) is 17.8 Å². The Morgan fingerprint density at radius 1 is 1.50 bits per heavy atom. The molecular weight excluding hydrogens is 231 g/mol. The second-order valence-corrected chi connectivity index (χ2v) is 4.75. The number of nitrogens with zero attached hydrogens (tertiary/aromatic N) is 1. The minimum atomic E-state index is -0.273. The van der Waals surface area contributed by atoms with Crippen molar-refractivity contribution in [2.45, 2.75) is 38.8 Å². The van der Waals surface area contributed by atoms with Crippen molar-refractivity contribution in [2.24, 2.45) is 5.73 Å². The first kappa shape index (κ1) is 14.6. The number of carbonyl (C=O) groups is 1. The molecule has 0 fully saturated rings. The Bertz CT molecular complexity index is 393. The molecule has 1 amide bonds. The molecule has 1 rings (SSSR count). The summed E-state index contributed by atoms with van der Waals surface area (Å²) in [5.41, 5.74) is 6.43. The molecule has 1 aromatic carbocycles. The SMILES string of the molecule is CC(N)CCCC(=O)N(C)Cc1cccc(F)c1. The maximum absolute atomic E-state index is 13.0. The molecule has 0 radical (unpaired) electrons. The van der Waals surface area contributed by atoms with Crippen molar-refractivity contribution in [3.63, 3.8) is 0 Å². The van der Waals surface area contributed by atoms with Gasteiger partial charge in [-0.3, -0.25) is 4.79 Å². The second kappa shape index (κ2) is 7.11. The van der Waals surface area contributed by atoms with Crippen LogP contribution in [0.5, 0.6) is 0 Å². The van der Waals surface area contributed by atoms with Gasteiger partial charge in [-0.1, -0.05) is 12.1 Å². The van der Waals surface area contributed by atoms with Gasteiger partial charge in [0.25, 0.3) is 0 Å². The van der Waals surface area contributed by atoms with E-state index >= 15 is 0 Å². The van der Waals surface area contributed by atoms with E-state index < -0.39 is 0 Å². The number of benzene rings is 1. The van der Waals surface area contributed by atoms with Gasteiger partial charge >= 0.3 is 0 Å². The molecular formula is C14H21FN2O. The fourth-order valence-electron chi connectivity index (χ4n) is 1.76. The predicted octanol–water partition coefficient (Wildman–Crippen LogP) is 2.30. The van der Waals surface area contributed by atoms with Crippen molar-refractivity contribution in [3.8, 4) is 0 Å². The van der Waals surface area contributed by atoms with Gasteiger partial charge < -0.3 is 10.6 Å². The van der Waals surface area contributed by atoms with Crippen LogP contribution < -0.4 is 5.73 Å². The highest BCUT2D eigenvalue weighted by Gasteiger charge is 2.09. The lowest BCUT2D eigenvalue weighted by molar-refractivity contribution is -0.130. The molecule has 0 heterocycles. The zero-order valence-corrected chi connectivity index (χ0v) is 11.0. The van der Waals surface area contributed by atoms with E-state index in [2.05, 4.69) is 0 Å². The fraction of sp³-hybridized carbons (Fsp3) is 0.500. The van der Waals surface area contributed by atoms with Gasteiger partial charge in [0, 0.05) is 26.1 Å². The molecule has 2 N–H and O–H groups in total. The van der Waals surface area contributed by atoms with E-state index in [1.165, 1.54) is 12.1 Å². The second-order valence-electron chi connectivity index (χ2n) is 4.75. The number of carbonyl (C=O) groups excluding carboxylic acids is 1. The molecule has 0 saturated heterocycles. The Kier molecular flexibility index (Phi) is 5.78. The zero-order valence-electron chi connectivity index (χ0n) is 11.0.